The van der Waals surface area contributed by atoms with E-state index in [4.69, 9.17) is 16.3 Å². The molecule has 0 heterocycles. The third-order valence-electron chi connectivity index (χ3n) is 4.68. The highest BCUT2D eigenvalue weighted by atomic mass is 35.5. The van der Waals surface area contributed by atoms with Gasteiger partial charge in [0.1, 0.15) is 18.2 Å². The summed E-state index contributed by atoms with van der Waals surface area (Å²) in [5.41, 5.74) is 3.29. The topological polar surface area (TPSA) is 21.3 Å². The second-order valence-electron chi connectivity index (χ2n) is 6.97. The van der Waals surface area contributed by atoms with Crippen molar-refractivity contribution in [3.05, 3.63) is 100 Å². The average molecular weight is 398 g/mol. The molecule has 1 N–H and O–H groups in total. The molecule has 0 aliphatic carbocycles. The molecule has 4 heteroatoms. The lowest BCUT2D eigenvalue weighted by molar-refractivity contribution is 0.301. The van der Waals surface area contributed by atoms with E-state index in [1.54, 1.807) is 12.1 Å². The Bertz CT molecular complexity index is 868. The van der Waals surface area contributed by atoms with Crippen LogP contribution in [0.5, 0.6) is 5.75 Å². The lowest BCUT2D eigenvalue weighted by Gasteiger charge is -2.17. The summed E-state index contributed by atoms with van der Waals surface area (Å²) < 4.78 is 19.0. The van der Waals surface area contributed by atoms with Gasteiger partial charge in [-0.25, -0.2) is 4.39 Å². The minimum atomic E-state index is -0.246. The first-order valence-electron chi connectivity index (χ1n) is 9.53. The summed E-state index contributed by atoms with van der Waals surface area (Å²) in [7, 11) is 0. The van der Waals surface area contributed by atoms with Crippen molar-refractivity contribution in [3.8, 4) is 5.75 Å². The van der Waals surface area contributed by atoms with E-state index >= 15 is 0 Å². The van der Waals surface area contributed by atoms with Crippen LogP contribution in [0.2, 0.25) is 5.02 Å². The average Bonchev–Trinajstić information content (AvgIpc) is 2.72. The Balaban J connectivity index is 1.55. The molecule has 146 valence electrons. The molecule has 0 aliphatic heterocycles. The molecule has 0 radical (unpaired) electrons. The van der Waals surface area contributed by atoms with Gasteiger partial charge in [0.25, 0.3) is 0 Å². The van der Waals surface area contributed by atoms with Crippen molar-refractivity contribution in [3.63, 3.8) is 0 Å². The van der Waals surface area contributed by atoms with Crippen molar-refractivity contribution in [2.45, 2.75) is 39.0 Å². The fourth-order valence-corrected chi connectivity index (χ4v) is 3.18. The van der Waals surface area contributed by atoms with Gasteiger partial charge in [-0.15, -0.1) is 0 Å². The molecule has 0 amide bonds. The second kappa shape index (κ2) is 10.3. The normalized spacial score (nSPS) is 12.0. The molecule has 3 aromatic rings. The van der Waals surface area contributed by atoms with Crippen molar-refractivity contribution < 1.29 is 9.13 Å². The number of rotatable bonds is 9. The maximum absolute atomic E-state index is 13.0. The maximum Gasteiger partial charge on any atom is 0.124 e. The largest absolute Gasteiger partial charge is 0.489 e. The molecule has 0 aromatic heterocycles. The van der Waals surface area contributed by atoms with Gasteiger partial charge in [0.05, 0.1) is 0 Å². The summed E-state index contributed by atoms with van der Waals surface area (Å²) in [4.78, 5) is 0. The summed E-state index contributed by atoms with van der Waals surface area (Å²) in [6, 6.07) is 22.9. The number of hydrogen-bond donors (Lipinski definition) is 1. The van der Waals surface area contributed by atoms with Gasteiger partial charge >= 0.3 is 0 Å². The van der Waals surface area contributed by atoms with Crippen molar-refractivity contribution in [1.29, 1.82) is 0 Å². The molecule has 0 spiro atoms. The predicted octanol–water partition coefficient (Wildman–Crippen LogP) is 6.17. The Morgan fingerprint density at radius 1 is 0.964 bits per heavy atom. The predicted molar refractivity (Wildman–Crippen MR) is 113 cm³/mol. The van der Waals surface area contributed by atoms with Crippen molar-refractivity contribution in [1.82, 2.24) is 5.32 Å². The number of benzene rings is 3. The molecule has 0 bridgehead atoms. The molecule has 3 rings (SSSR count). The highest BCUT2D eigenvalue weighted by Gasteiger charge is 2.08. The summed E-state index contributed by atoms with van der Waals surface area (Å²) in [5.74, 6) is 0.543. The Kier molecular flexibility index (Phi) is 7.46. The first-order valence-corrected chi connectivity index (χ1v) is 9.91. The van der Waals surface area contributed by atoms with Crippen LogP contribution in [0.25, 0.3) is 0 Å². The van der Waals surface area contributed by atoms with E-state index in [0.29, 0.717) is 24.2 Å². The zero-order valence-electron chi connectivity index (χ0n) is 16.0. The van der Waals surface area contributed by atoms with Crippen LogP contribution in [-0.4, -0.2) is 6.04 Å². The zero-order valence-corrected chi connectivity index (χ0v) is 16.8. The second-order valence-corrected chi connectivity index (χ2v) is 7.41. The van der Waals surface area contributed by atoms with Crippen molar-refractivity contribution >= 4 is 11.6 Å². The van der Waals surface area contributed by atoms with Gasteiger partial charge in [-0.3, -0.25) is 0 Å². The van der Waals surface area contributed by atoms with E-state index in [0.717, 1.165) is 29.7 Å². The minimum absolute atomic E-state index is 0.246. The molecule has 28 heavy (non-hydrogen) atoms. The van der Waals surface area contributed by atoms with Gasteiger partial charge < -0.3 is 10.1 Å². The Labute approximate surface area is 171 Å². The fraction of sp³-hybridized carbons (Fsp3) is 0.250. The molecule has 0 fully saturated rings. The number of hydrogen-bond acceptors (Lipinski definition) is 2. The van der Waals surface area contributed by atoms with E-state index in [-0.39, 0.29) is 5.82 Å². The smallest absolute Gasteiger partial charge is 0.124 e. The molecule has 0 aliphatic rings. The monoisotopic (exact) mass is 397 g/mol. The molecule has 0 unspecified atom stereocenters. The van der Waals surface area contributed by atoms with E-state index < -0.39 is 0 Å². The van der Waals surface area contributed by atoms with Gasteiger partial charge in [0.15, 0.2) is 0 Å². The number of aryl methyl sites for hydroxylation is 1. The van der Waals surface area contributed by atoms with Crippen molar-refractivity contribution in [2.75, 3.05) is 0 Å². The Morgan fingerprint density at radius 2 is 1.71 bits per heavy atom. The van der Waals surface area contributed by atoms with Gasteiger partial charge in [-0.1, -0.05) is 54.1 Å². The Morgan fingerprint density at radius 3 is 2.46 bits per heavy atom. The first-order chi connectivity index (χ1) is 13.6. The molecule has 2 nitrogen and oxygen atoms in total. The molecule has 1 atom stereocenters. The first kappa shape index (κ1) is 20.4. The van der Waals surface area contributed by atoms with Gasteiger partial charge in [0, 0.05) is 23.2 Å². The summed E-state index contributed by atoms with van der Waals surface area (Å²) in [6.07, 6.45) is 2.09. The maximum atomic E-state index is 13.0. The summed E-state index contributed by atoms with van der Waals surface area (Å²) >= 11 is 6.18. The van der Waals surface area contributed by atoms with Crippen LogP contribution in [0.1, 0.15) is 30.0 Å². The minimum Gasteiger partial charge on any atom is -0.489 e. The lowest BCUT2D eigenvalue weighted by Crippen LogP contribution is -2.26. The third kappa shape index (κ3) is 6.36. The molecule has 0 saturated carbocycles. The fourth-order valence-electron chi connectivity index (χ4n) is 2.98. The van der Waals surface area contributed by atoms with E-state index in [1.807, 2.05) is 24.3 Å². The van der Waals surface area contributed by atoms with E-state index in [1.165, 1.54) is 17.7 Å². The molecule has 0 saturated heterocycles. The van der Waals surface area contributed by atoms with Gasteiger partial charge in [0.2, 0.25) is 0 Å². The third-order valence-corrected chi connectivity index (χ3v) is 4.92. The Hall–Kier alpha value is -2.36. The highest BCUT2D eigenvalue weighted by Crippen LogP contribution is 2.24. The van der Waals surface area contributed by atoms with E-state index in [9.17, 15) is 4.39 Å². The highest BCUT2D eigenvalue weighted by molar-refractivity contribution is 6.30. The van der Waals surface area contributed by atoms with Crippen LogP contribution < -0.4 is 10.1 Å². The zero-order chi connectivity index (χ0) is 19.8. The lowest BCUT2D eigenvalue weighted by atomic mass is 10.1. The standard InChI is InChI=1S/C24H25ClFNO/c1-18(7-8-19-5-3-2-4-6-19)27-16-21-15-22(25)11-14-24(21)28-17-20-9-12-23(26)13-10-20/h2-6,9-15,18,27H,7-8,16-17H2,1H3/t18-/m1/s1. The van der Waals surface area contributed by atoms with Crippen LogP contribution in [0, 0.1) is 5.82 Å². The van der Waals surface area contributed by atoms with Crippen LogP contribution in [0.3, 0.4) is 0 Å². The van der Waals surface area contributed by atoms with Crippen LogP contribution in [-0.2, 0) is 19.6 Å². The molecular weight excluding hydrogens is 373 g/mol. The van der Waals surface area contributed by atoms with Crippen LogP contribution >= 0.6 is 11.6 Å². The SMILES string of the molecule is C[C@H](CCc1ccccc1)NCc1cc(Cl)ccc1OCc1ccc(F)cc1. The number of nitrogens with one attached hydrogen (secondary N) is 1. The van der Waals surface area contributed by atoms with Gasteiger partial charge in [-0.05, 0) is 61.2 Å². The van der Waals surface area contributed by atoms with Crippen LogP contribution in [0.4, 0.5) is 4.39 Å². The van der Waals surface area contributed by atoms with E-state index in [2.05, 4.69) is 36.5 Å². The quantitative estimate of drug-likeness (QED) is 0.466. The molecular formula is C24H25ClFNO. The number of ether oxygens (including phenoxy) is 1. The number of halogens is 2. The van der Waals surface area contributed by atoms with Gasteiger partial charge in [-0.2, -0.15) is 0 Å². The summed E-state index contributed by atoms with van der Waals surface area (Å²) in [6.45, 7) is 3.25. The van der Waals surface area contributed by atoms with Crippen molar-refractivity contribution in [2.24, 2.45) is 0 Å². The summed E-state index contributed by atoms with van der Waals surface area (Å²) in [5, 5.41) is 4.24. The molecule has 3 aromatic carbocycles. The van der Waals surface area contributed by atoms with Crippen LogP contribution in [0.15, 0.2) is 72.8 Å².